The fourth-order valence-corrected chi connectivity index (χ4v) is 1.38. The minimum absolute atomic E-state index is 0.216. The number of amides is 1. The van der Waals surface area contributed by atoms with Crippen molar-refractivity contribution >= 4 is 5.91 Å². The lowest BCUT2D eigenvalue weighted by molar-refractivity contribution is -0.121. The van der Waals surface area contributed by atoms with Crippen LogP contribution in [0.5, 0.6) is 0 Å². The second kappa shape index (κ2) is 3.22. The van der Waals surface area contributed by atoms with Crippen LogP contribution in [0.15, 0.2) is 0 Å². The summed E-state index contributed by atoms with van der Waals surface area (Å²) in [5.41, 5.74) is 5.04. The van der Waals surface area contributed by atoms with Gasteiger partial charge in [-0.25, -0.2) is 0 Å². The summed E-state index contributed by atoms with van der Waals surface area (Å²) in [5.74, 6) is 1.29. The normalized spacial score (nSPS) is 20.3. The monoisotopic (exact) mass is 156 g/mol. The molecule has 1 aliphatic heterocycles. The van der Waals surface area contributed by atoms with E-state index in [4.69, 9.17) is 5.73 Å². The zero-order valence-electron chi connectivity index (χ0n) is 7.21. The fourth-order valence-electron chi connectivity index (χ4n) is 1.38. The van der Waals surface area contributed by atoms with Crippen LogP contribution in [-0.2, 0) is 4.79 Å². The average Bonchev–Trinajstić information content (AvgIpc) is 1.75. The Labute approximate surface area is 67.5 Å². The predicted molar refractivity (Wildman–Crippen MR) is 44.0 cm³/mol. The summed E-state index contributed by atoms with van der Waals surface area (Å²) in [7, 11) is 0. The molecule has 1 fully saturated rings. The van der Waals surface area contributed by atoms with E-state index in [0.29, 0.717) is 6.54 Å². The first-order chi connectivity index (χ1) is 5.09. The Kier molecular flexibility index (Phi) is 2.49. The predicted octanol–water partition coefficient (Wildman–Crippen LogP) is 0.0595. The molecule has 11 heavy (non-hydrogen) atoms. The maximum atomic E-state index is 10.5. The van der Waals surface area contributed by atoms with Gasteiger partial charge in [0.25, 0.3) is 0 Å². The second-order valence-electron chi connectivity index (χ2n) is 3.66. The van der Waals surface area contributed by atoms with Gasteiger partial charge in [0, 0.05) is 13.1 Å². The van der Waals surface area contributed by atoms with Crippen molar-refractivity contribution in [3.8, 4) is 0 Å². The summed E-state index contributed by atoms with van der Waals surface area (Å²) >= 11 is 0. The van der Waals surface area contributed by atoms with Crippen molar-refractivity contribution in [3.63, 3.8) is 0 Å². The standard InChI is InChI=1S/C8H16N2O/c1-6(2)7-3-10(4-7)5-8(9)11/h6-7H,3-5H2,1-2H3,(H2,9,11). The summed E-state index contributed by atoms with van der Waals surface area (Å²) < 4.78 is 0. The van der Waals surface area contributed by atoms with Crippen LogP contribution < -0.4 is 5.73 Å². The zero-order valence-corrected chi connectivity index (χ0v) is 7.21. The highest BCUT2D eigenvalue weighted by Gasteiger charge is 2.29. The number of nitrogens with two attached hydrogens (primary N) is 1. The molecular weight excluding hydrogens is 140 g/mol. The van der Waals surface area contributed by atoms with E-state index in [-0.39, 0.29) is 5.91 Å². The number of carbonyl (C=O) groups excluding carboxylic acids is 1. The van der Waals surface area contributed by atoms with E-state index < -0.39 is 0 Å². The first-order valence-electron chi connectivity index (χ1n) is 4.10. The van der Waals surface area contributed by atoms with Gasteiger partial charge in [0.05, 0.1) is 6.54 Å². The lowest BCUT2D eigenvalue weighted by Crippen LogP contribution is -2.51. The molecule has 0 aromatic rings. The van der Waals surface area contributed by atoms with Gasteiger partial charge in [-0.2, -0.15) is 0 Å². The molecule has 0 unspecified atom stereocenters. The topological polar surface area (TPSA) is 46.3 Å². The quantitative estimate of drug-likeness (QED) is 0.628. The molecule has 3 nitrogen and oxygen atoms in total. The van der Waals surface area contributed by atoms with Gasteiger partial charge in [0.2, 0.25) is 5.91 Å². The highest BCUT2D eigenvalue weighted by atomic mass is 16.1. The summed E-state index contributed by atoms with van der Waals surface area (Å²) in [6.45, 7) is 6.95. The van der Waals surface area contributed by atoms with Crippen LogP contribution in [0.1, 0.15) is 13.8 Å². The van der Waals surface area contributed by atoms with Crippen molar-refractivity contribution in [2.45, 2.75) is 13.8 Å². The largest absolute Gasteiger partial charge is 0.369 e. The van der Waals surface area contributed by atoms with Crippen molar-refractivity contribution in [2.75, 3.05) is 19.6 Å². The number of nitrogens with zero attached hydrogens (tertiary/aromatic N) is 1. The van der Waals surface area contributed by atoms with Gasteiger partial charge < -0.3 is 5.73 Å². The van der Waals surface area contributed by atoms with E-state index in [1.165, 1.54) is 0 Å². The van der Waals surface area contributed by atoms with E-state index in [2.05, 4.69) is 18.7 Å². The van der Waals surface area contributed by atoms with E-state index >= 15 is 0 Å². The molecule has 0 aliphatic carbocycles. The van der Waals surface area contributed by atoms with Crippen LogP contribution >= 0.6 is 0 Å². The Hall–Kier alpha value is -0.570. The third kappa shape index (κ3) is 2.19. The third-order valence-corrected chi connectivity index (χ3v) is 2.31. The van der Waals surface area contributed by atoms with E-state index in [1.54, 1.807) is 0 Å². The lowest BCUT2D eigenvalue weighted by Gasteiger charge is -2.40. The molecule has 2 N–H and O–H groups in total. The molecule has 64 valence electrons. The van der Waals surface area contributed by atoms with Crippen LogP contribution in [-0.4, -0.2) is 30.4 Å². The minimum atomic E-state index is -0.216. The highest BCUT2D eigenvalue weighted by molar-refractivity contribution is 5.76. The zero-order chi connectivity index (χ0) is 8.43. The molecule has 1 amide bonds. The first-order valence-corrected chi connectivity index (χ1v) is 4.10. The summed E-state index contributed by atoms with van der Waals surface area (Å²) in [6.07, 6.45) is 0. The van der Waals surface area contributed by atoms with Gasteiger partial charge in [-0.1, -0.05) is 13.8 Å². The average molecular weight is 156 g/mol. The van der Waals surface area contributed by atoms with Crippen LogP contribution in [0.4, 0.5) is 0 Å². The summed E-state index contributed by atoms with van der Waals surface area (Å²) in [4.78, 5) is 12.5. The van der Waals surface area contributed by atoms with Crippen molar-refractivity contribution in [3.05, 3.63) is 0 Å². The molecule has 0 spiro atoms. The molecule has 0 radical (unpaired) electrons. The minimum Gasteiger partial charge on any atom is -0.369 e. The van der Waals surface area contributed by atoms with E-state index in [0.717, 1.165) is 24.9 Å². The van der Waals surface area contributed by atoms with Crippen LogP contribution in [0, 0.1) is 11.8 Å². The molecule has 1 saturated heterocycles. The van der Waals surface area contributed by atoms with Gasteiger partial charge in [-0.3, -0.25) is 9.69 Å². The van der Waals surface area contributed by atoms with Crippen molar-refractivity contribution in [2.24, 2.45) is 17.6 Å². The number of primary amides is 1. The Morgan fingerprint density at radius 1 is 1.64 bits per heavy atom. The fraction of sp³-hybridized carbons (Fsp3) is 0.875. The summed E-state index contributed by atoms with van der Waals surface area (Å²) in [5, 5.41) is 0. The first kappa shape index (κ1) is 8.53. The Balaban J connectivity index is 2.14. The van der Waals surface area contributed by atoms with Gasteiger partial charge in [0.15, 0.2) is 0 Å². The number of likely N-dealkylation sites (tertiary alicyclic amines) is 1. The van der Waals surface area contributed by atoms with Gasteiger partial charge in [-0.15, -0.1) is 0 Å². The SMILES string of the molecule is CC(C)C1CN(CC(N)=O)C1. The number of rotatable bonds is 3. The molecule has 0 atom stereocenters. The maximum absolute atomic E-state index is 10.5. The Bertz CT molecular complexity index is 150. The second-order valence-corrected chi connectivity index (χ2v) is 3.66. The third-order valence-electron chi connectivity index (χ3n) is 2.31. The molecule has 1 aliphatic rings. The Morgan fingerprint density at radius 3 is 2.55 bits per heavy atom. The molecular formula is C8H16N2O. The number of hydrogen-bond acceptors (Lipinski definition) is 2. The smallest absolute Gasteiger partial charge is 0.231 e. The molecule has 1 rings (SSSR count). The van der Waals surface area contributed by atoms with Crippen molar-refractivity contribution in [1.82, 2.24) is 4.90 Å². The molecule has 1 heterocycles. The molecule has 0 aromatic carbocycles. The molecule has 0 aromatic heterocycles. The number of carbonyl (C=O) groups is 1. The van der Waals surface area contributed by atoms with Crippen molar-refractivity contribution in [1.29, 1.82) is 0 Å². The van der Waals surface area contributed by atoms with Crippen LogP contribution in [0.25, 0.3) is 0 Å². The molecule has 0 bridgehead atoms. The van der Waals surface area contributed by atoms with E-state index in [1.807, 2.05) is 0 Å². The van der Waals surface area contributed by atoms with Gasteiger partial charge in [-0.05, 0) is 11.8 Å². The highest BCUT2D eigenvalue weighted by Crippen LogP contribution is 2.22. The van der Waals surface area contributed by atoms with E-state index in [9.17, 15) is 4.79 Å². The molecule has 3 heteroatoms. The number of hydrogen-bond donors (Lipinski definition) is 1. The lowest BCUT2D eigenvalue weighted by atomic mass is 9.88. The summed E-state index contributed by atoms with van der Waals surface area (Å²) in [6, 6.07) is 0. The van der Waals surface area contributed by atoms with Gasteiger partial charge >= 0.3 is 0 Å². The maximum Gasteiger partial charge on any atom is 0.231 e. The Morgan fingerprint density at radius 2 is 2.18 bits per heavy atom. The van der Waals surface area contributed by atoms with Crippen LogP contribution in [0.2, 0.25) is 0 Å². The van der Waals surface area contributed by atoms with Crippen LogP contribution in [0.3, 0.4) is 0 Å². The van der Waals surface area contributed by atoms with Crippen molar-refractivity contribution < 1.29 is 4.79 Å². The van der Waals surface area contributed by atoms with Gasteiger partial charge in [0.1, 0.15) is 0 Å². The molecule has 0 saturated carbocycles.